The van der Waals surface area contributed by atoms with Gasteiger partial charge >= 0.3 is 0 Å². The average molecular weight is 174 g/mol. The van der Waals surface area contributed by atoms with Crippen molar-refractivity contribution in [3.63, 3.8) is 0 Å². The molecule has 2 fully saturated rings. The maximum absolute atomic E-state index is 9.37. The lowest BCUT2D eigenvalue weighted by atomic mass is 9.98. The minimum atomic E-state index is -0.473. The van der Waals surface area contributed by atoms with E-state index in [1.54, 1.807) is 0 Å². The summed E-state index contributed by atoms with van der Waals surface area (Å²) in [5.41, 5.74) is 0. The first-order valence-electron chi connectivity index (χ1n) is 4.35. The van der Waals surface area contributed by atoms with Crippen molar-refractivity contribution in [1.29, 1.82) is 0 Å². The van der Waals surface area contributed by atoms with Gasteiger partial charge in [-0.15, -0.1) is 0 Å². The molecule has 4 nitrogen and oxygen atoms in total. The number of aliphatic hydroxyl groups excluding tert-OH is 2. The number of aliphatic hydroxyl groups is 2. The first kappa shape index (κ1) is 8.44. The van der Waals surface area contributed by atoms with Crippen molar-refractivity contribution in [2.24, 2.45) is 5.92 Å². The van der Waals surface area contributed by atoms with Crippen LogP contribution in [0.15, 0.2) is 0 Å². The summed E-state index contributed by atoms with van der Waals surface area (Å²) in [7, 11) is 0. The summed E-state index contributed by atoms with van der Waals surface area (Å²) in [6.45, 7) is 1.14. The van der Waals surface area contributed by atoms with E-state index in [4.69, 9.17) is 14.6 Å². The number of rotatable bonds is 2. The highest BCUT2D eigenvalue weighted by atomic mass is 16.6. The van der Waals surface area contributed by atoms with Crippen molar-refractivity contribution >= 4 is 0 Å². The van der Waals surface area contributed by atoms with E-state index in [1.165, 1.54) is 0 Å². The second kappa shape index (κ2) is 3.30. The Kier molecular flexibility index (Phi) is 2.32. The number of hydrogen-bond acceptors (Lipinski definition) is 4. The Morgan fingerprint density at radius 1 is 1.17 bits per heavy atom. The van der Waals surface area contributed by atoms with Crippen LogP contribution in [0.2, 0.25) is 0 Å². The SMILES string of the molecule is OCCC1CO[C@@H]2C(O)CO[C@H]12. The van der Waals surface area contributed by atoms with Crippen LogP contribution in [0.3, 0.4) is 0 Å². The Hall–Kier alpha value is -0.160. The molecule has 0 aromatic rings. The maximum Gasteiger partial charge on any atom is 0.112 e. The van der Waals surface area contributed by atoms with Gasteiger partial charge in [-0.1, -0.05) is 0 Å². The van der Waals surface area contributed by atoms with E-state index in [0.29, 0.717) is 19.6 Å². The lowest BCUT2D eigenvalue weighted by Crippen LogP contribution is -2.29. The van der Waals surface area contributed by atoms with Gasteiger partial charge in [-0.2, -0.15) is 0 Å². The monoisotopic (exact) mass is 174 g/mol. The maximum atomic E-state index is 9.37. The fraction of sp³-hybridized carbons (Fsp3) is 1.00. The van der Waals surface area contributed by atoms with Gasteiger partial charge in [-0.05, 0) is 6.42 Å². The molecule has 4 heteroatoms. The van der Waals surface area contributed by atoms with E-state index >= 15 is 0 Å². The summed E-state index contributed by atoms with van der Waals surface area (Å²) in [6.07, 6.45) is 0.0841. The van der Waals surface area contributed by atoms with Gasteiger partial charge in [-0.25, -0.2) is 0 Å². The topological polar surface area (TPSA) is 58.9 Å². The molecule has 0 amide bonds. The zero-order valence-electron chi connectivity index (χ0n) is 6.85. The Bertz CT molecular complexity index is 161. The lowest BCUT2D eigenvalue weighted by molar-refractivity contribution is 0.0162. The van der Waals surface area contributed by atoms with Gasteiger partial charge in [0.15, 0.2) is 0 Å². The fourth-order valence-electron chi connectivity index (χ4n) is 1.97. The standard InChI is InChI=1S/C8H14O4/c9-2-1-5-3-11-8-6(10)4-12-7(5)8/h5-10H,1-4H2/t5?,6?,7-,8-/m1/s1. The zero-order valence-corrected chi connectivity index (χ0v) is 6.85. The Balaban J connectivity index is 1.96. The molecule has 2 N–H and O–H groups in total. The number of ether oxygens (including phenoxy) is 2. The second-order valence-electron chi connectivity index (χ2n) is 3.44. The summed E-state index contributed by atoms with van der Waals surface area (Å²) >= 11 is 0. The predicted molar refractivity (Wildman–Crippen MR) is 40.7 cm³/mol. The second-order valence-corrected chi connectivity index (χ2v) is 3.44. The Labute approximate surface area is 71.1 Å². The van der Waals surface area contributed by atoms with Crippen LogP contribution < -0.4 is 0 Å². The van der Waals surface area contributed by atoms with E-state index in [9.17, 15) is 5.11 Å². The van der Waals surface area contributed by atoms with Crippen molar-refractivity contribution in [2.75, 3.05) is 19.8 Å². The summed E-state index contributed by atoms with van der Waals surface area (Å²) < 4.78 is 10.7. The third-order valence-electron chi connectivity index (χ3n) is 2.63. The quantitative estimate of drug-likeness (QED) is 0.572. The molecule has 2 aliphatic heterocycles. The molecular formula is C8H14O4. The molecular weight excluding hydrogens is 160 g/mol. The fourth-order valence-corrected chi connectivity index (χ4v) is 1.97. The van der Waals surface area contributed by atoms with Crippen LogP contribution in [0, 0.1) is 5.92 Å². The van der Waals surface area contributed by atoms with Crippen molar-refractivity contribution in [3.05, 3.63) is 0 Å². The smallest absolute Gasteiger partial charge is 0.112 e. The average Bonchev–Trinajstić information content (AvgIpc) is 2.58. The van der Waals surface area contributed by atoms with Gasteiger partial charge in [0.1, 0.15) is 12.2 Å². The van der Waals surface area contributed by atoms with Crippen molar-refractivity contribution in [1.82, 2.24) is 0 Å². The van der Waals surface area contributed by atoms with Crippen LogP contribution in [-0.4, -0.2) is 48.3 Å². The summed E-state index contributed by atoms with van der Waals surface area (Å²) in [5.74, 6) is 0.261. The molecule has 0 aromatic carbocycles. The predicted octanol–water partition coefficient (Wildman–Crippen LogP) is -0.857. The lowest BCUT2D eigenvalue weighted by Gasteiger charge is -2.13. The molecule has 2 saturated heterocycles. The molecule has 12 heavy (non-hydrogen) atoms. The van der Waals surface area contributed by atoms with E-state index in [-0.39, 0.29) is 24.7 Å². The van der Waals surface area contributed by atoms with E-state index < -0.39 is 6.10 Å². The van der Waals surface area contributed by atoms with Gasteiger partial charge in [-0.3, -0.25) is 0 Å². The molecule has 2 rings (SSSR count). The van der Waals surface area contributed by atoms with Gasteiger partial charge in [0.25, 0.3) is 0 Å². The van der Waals surface area contributed by atoms with E-state index in [1.807, 2.05) is 0 Å². The van der Waals surface area contributed by atoms with Crippen LogP contribution in [-0.2, 0) is 9.47 Å². The van der Waals surface area contributed by atoms with Crippen LogP contribution in [0.4, 0.5) is 0 Å². The molecule has 0 aromatic heterocycles. The molecule has 0 aliphatic carbocycles. The van der Waals surface area contributed by atoms with Crippen molar-refractivity contribution < 1.29 is 19.7 Å². The third-order valence-corrected chi connectivity index (χ3v) is 2.63. The minimum absolute atomic E-state index is 0.00662. The summed E-state index contributed by atoms with van der Waals surface area (Å²) in [4.78, 5) is 0. The highest BCUT2D eigenvalue weighted by molar-refractivity contribution is 4.93. The van der Waals surface area contributed by atoms with E-state index in [2.05, 4.69) is 0 Å². The van der Waals surface area contributed by atoms with Gasteiger partial charge in [0.2, 0.25) is 0 Å². The molecule has 0 spiro atoms. The van der Waals surface area contributed by atoms with Crippen LogP contribution in [0.5, 0.6) is 0 Å². The molecule has 0 bridgehead atoms. The zero-order chi connectivity index (χ0) is 8.55. The van der Waals surface area contributed by atoms with Crippen LogP contribution in [0.25, 0.3) is 0 Å². The normalized spacial score (nSPS) is 46.5. The largest absolute Gasteiger partial charge is 0.396 e. The van der Waals surface area contributed by atoms with Gasteiger partial charge in [0.05, 0.1) is 19.3 Å². The van der Waals surface area contributed by atoms with Crippen molar-refractivity contribution in [2.45, 2.75) is 24.7 Å². The number of fused-ring (bicyclic) bond motifs is 1. The number of hydrogen-bond donors (Lipinski definition) is 2. The highest BCUT2D eigenvalue weighted by Gasteiger charge is 2.46. The molecule has 2 heterocycles. The molecule has 0 saturated carbocycles. The first-order chi connectivity index (χ1) is 5.83. The highest BCUT2D eigenvalue weighted by Crippen LogP contribution is 2.32. The summed E-state index contributed by atoms with van der Waals surface area (Å²) in [5, 5.41) is 18.1. The Morgan fingerprint density at radius 3 is 2.67 bits per heavy atom. The third kappa shape index (κ3) is 1.25. The Morgan fingerprint density at radius 2 is 1.92 bits per heavy atom. The molecule has 2 unspecified atom stereocenters. The van der Waals surface area contributed by atoms with Gasteiger partial charge < -0.3 is 19.7 Å². The minimum Gasteiger partial charge on any atom is -0.396 e. The van der Waals surface area contributed by atoms with Crippen molar-refractivity contribution in [3.8, 4) is 0 Å². The first-order valence-corrected chi connectivity index (χ1v) is 4.35. The molecule has 4 atom stereocenters. The van der Waals surface area contributed by atoms with Crippen LogP contribution >= 0.6 is 0 Å². The van der Waals surface area contributed by atoms with Crippen LogP contribution in [0.1, 0.15) is 6.42 Å². The van der Waals surface area contributed by atoms with E-state index in [0.717, 1.165) is 0 Å². The molecule has 0 radical (unpaired) electrons. The molecule has 70 valence electrons. The summed E-state index contributed by atoms with van der Waals surface area (Å²) in [6, 6.07) is 0. The van der Waals surface area contributed by atoms with Gasteiger partial charge in [0, 0.05) is 12.5 Å². The molecule has 2 aliphatic rings.